The van der Waals surface area contributed by atoms with Gasteiger partial charge in [-0.15, -0.1) is 0 Å². The van der Waals surface area contributed by atoms with Crippen LogP contribution in [0.25, 0.3) is 0 Å². The molecule has 5 nitrogen and oxygen atoms in total. The van der Waals surface area contributed by atoms with Crippen LogP contribution in [0.1, 0.15) is 44.9 Å². The molecule has 1 N–H and O–H groups in total. The molecule has 5 heteroatoms. The predicted octanol–water partition coefficient (Wildman–Crippen LogP) is 2.26. The molecule has 2 saturated heterocycles. The molecule has 2 aliphatic rings. The Morgan fingerprint density at radius 1 is 1.39 bits per heavy atom. The number of nitrogens with zero attached hydrogens (tertiary/aromatic N) is 2. The van der Waals surface area contributed by atoms with Gasteiger partial charge in [-0.2, -0.15) is 0 Å². The molecule has 0 aromatic carbocycles. The molecule has 128 valence electrons. The van der Waals surface area contributed by atoms with Gasteiger partial charge in [-0.1, -0.05) is 13.8 Å². The number of hydrogen-bond acceptors (Lipinski definition) is 4. The minimum absolute atomic E-state index is 0.215. The van der Waals surface area contributed by atoms with Crippen molar-refractivity contribution in [1.82, 2.24) is 15.1 Å². The second-order valence-corrected chi connectivity index (χ2v) is 6.93. The van der Waals surface area contributed by atoms with E-state index in [1.54, 1.807) is 6.26 Å². The van der Waals surface area contributed by atoms with Crippen LogP contribution in [-0.4, -0.2) is 54.5 Å². The number of piperazine rings is 1. The number of carbonyl (C=O) groups is 1. The van der Waals surface area contributed by atoms with Gasteiger partial charge >= 0.3 is 0 Å². The average molecular weight is 319 g/mol. The highest BCUT2D eigenvalue weighted by molar-refractivity contribution is 5.82. The molecule has 2 atom stereocenters. The van der Waals surface area contributed by atoms with Crippen molar-refractivity contribution >= 4 is 5.91 Å². The van der Waals surface area contributed by atoms with E-state index in [4.69, 9.17) is 4.42 Å². The molecule has 0 aliphatic carbocycles. The summed E-state index contributed by atoms with van der Waals surface area (Å²) < 4.78 is 5.67. The van der Waals surface area contributed by atoms with E-state index >= 15 is 0 Å². The Bertz CT molecular complexity index is 494. The average Bonchev–Trinajstić information content (AvgIpc) is 3.10. The third kappa shape index (κ3) is 3.61. The topological polar surface area (TPSA) is 48.7 Å². The Hall–Kier alpha value is -1.33. The zero-order valence-electron chi connectivity index (χ0n) is 14.3. The minimum atomic E-state index is -0.273. The lowest BCUT2D eigenvalue weighted by molar-refractivity contribution is -0.141. The molecule has 0 radical (unpaired) electrons. The molecule has 2 aliphatic heterocycles. The Kier molecular flexibility index (Phi) is 5.38. The highest BCUT2D eigenvalue weighted by Gasteiger charge is 2.38. The number of likely N-dealkylation sites (tertiary alicyclic amines) is 1. The second-order valence-electron chi connectivity index (χ2n) is 6.93. The molecule has 0 saturated carbocycles. The molecule has 2 unspecified atom stereocenters. The Morgan fingerprint density at radius 2 is 2.17 bits per heavy atom. The number of rotatable bonds is 4. The molecule has 23 heavy (non-hydrogen) atoms. The maximum atomic E-state index is 13.3. The molecule has 3 rings (SSSR count). The monoisotopic (exact) mass is 319 g/mol. The van der Waals surface area contributed by atoms with Crippen molar-refractivity contribution < 1.29 is 9.21 Å². The number of furan rings is 1. The Morgan fingerprint density at radius 3 is 2.83 bits per heavy atom. The highest BCUT2D eigenvalue weighted by atomic mass is 16.3. The van der Waals surface area contributed by atoms with Crippen LogP contribution >= 0.6 is 0 Å². The lowest BCUT2D eigenvalue weighted by Crippen LogP contribution is -2.56. The first-order valence-electron chi connectivity index (χ1n) is 8.99. The van der Waals surface area contributed by atoms with E-state index in [9.17, 15) is 4.79 Å². The summed E-state index contributed by atoms with van der Waals surface area (Å²) in [7, 11) is 0. The van der Waals surface area contributed by atoms with Crippen LogP contribution in [0.4, 0.5) is 0 Å². The van der Waals surface area contributed by atoms with E-state index in [-0.39, 0.29) is 11.9 Å². The van der Waals surface area contributed by atoms with E-state index in [0.717, 1.165) is 63.7 Å². The van der Waals surface area contributed by atoms with Gasteiger partial charge in [0.05, 0.1) is 6.26 Å². The van der Waals surface area contributed by atoms with Gasteiger partial charge in [-0.25, -0.2) is 0 Å². The van der Waals surface area contributed by atoms with Crippen LogP contribution in [0.5, 0.6) is 0 Å². The van der Waals surface area contributed by atoms with Crippen molar-refractivity contribution in [2.45, 2.75) is 45.2 Å². The van der Waals surface area contributed by atoms with Crippen molar-refractivity contribution in [1.29, 1.82) is 0 Å². The lowest BCUT2D eigenvalue weighted by Gasteiger charge is -2.42. The van der Waals surface area contributed by atoms with Gasteiger partial charge < -0.3 is 14.6 Å². The van der Waals surface area contributed by atoms with E-state index in [2.05, 4.69) is 24.1 Å². The first-order chi connectivity index (χ1) is 11.2. The normalized spacial score (nSPS) is 25.5. The standard InChI is InChI=1S/C18H29N3O2/c1-3-15-13-19-8-11-21(15)17(16-5-4-12-23-16)18(22)20-9-6-14(2)7-10-20/h4-5,12,14-15,17,19H,3,6-11,13H2,1-2H3. The molecule has 0 bridgehead atoms. The summed E-state index contributed by atoms with van der Waals surface area (Å²) in [6, 6.07) is 3.94. The van der Waals surface area contributed by atoms with Crippen molar-refractivity contribution in [2.24, 2.45) is 5.92 Å². The van der Waals surface area contributed by atoms with Gasteiger partial charge in [0, 0.05) is 38.8 Å². The van der Waals surface area contributed by atoms with Gasteiger partial charge in [0.15, 0.2) is 0 Å². The van der Waals surface area contributed by atoms with Gasteiger partial charge in [0.1, 0.15) is 11.8 Å². The van der Waals surface area contributed by atoms with Crippen LogP contribution in [-0.2, 0) is 4.79 Å². The maximum absolute atomic E-state index is 13.3. The zero-order chi connectivity index (χ0) is 16.2. The molecule has 2 fully saturated rings. The summed E-state index contributed by atoms with van der Waals surface area (Å²) in [5.74, 6) is 1.73. The molecular formula is C18H29N3O2. The quantitative estimate of drug-likeness (QED) is 0.925. The fraction of sp³-hybridized carbons (Fsp3) is 0.722. The third-order valence-electron chi connectivity index (χ3n) is 5.34. The maximum Gasteiger partial charge on any atom is 0.247 e. The van der Waals surface area contributed by atoms with Crippen LogP contribution in [0.15, 0.2) is 22.8 Å². The van der Waals surface area contributed by atoms with Crippen molar-refractivity contribution in [2.75, 3.05) is 32.7 Å². The molecular weight excluding hydrogens is 290 g/mol. The first-order valence-corrected chi connectivity index (χ1v) is 8.99. The summed E-state index contributed by atoms with van der Waals surface area (Å²) >= 11 is 0. The first kappa shape index (κ1) is 16.5. The van der Waals surface area contributed by atoms with E-state index in [1.807, 2.05) is 17.0 Å². The predicted molar refractivity (Wildman–Crippen MR) is 90.1 cm³/mol. The van der Waals surface area contributed by atoms with Crippen molar-refractivity contribution in [3.8, 4) is 0 Å². The third-order valence-corrected chi connectivity index (χ3v) is 5.34. The molecule has 0 spiro atoms. The number of hydrogen-bond donors (Lipinski definition) is 1. The van der Waals surface area contributed by atoms with Crippen LogP contribution in [0, 0.1) is 5.92 Å². The van der Waals surface area contributed by atoms with E-state index in [0.29, 0.717) is 6.04 Å². The summed E-state index contributed by atoms with van der Waals surface area (Å²) in [6.07, 6.45) is 4.93. The van der Waals surface area contributed by atoms with Gasteiger partial charge in [-0.3, -0.25) is 9.69 Å². The summed E-state index contributed by atoms with van der Waals surface area (Å²) in [5.41, 5.74) is 0. The van der Waals surface area contributed by atoms with E-state index in [1.165, 1.54) is 0 Å². The van der Waals surface area contributed by atoms with Crippen molar-refractivity contribution in [3.05, 3.63) is 24.2 Å². The number of amides is 1. The Labute approximate surface area is 139 Å². The minimum Gasteiger partial charge on any atom is -0.467 e. The van der Waals surface area contributed by atoms with Gasteiger partial charge in [0.25, 0.3) is 0 Å². The number of nitrogens with one attached hydrogen (secondary N) is 1. The molecule has 1 aromatic rings. The molecule has 1 aromatic heterocycles. The largest absolute Gasteiger partial charge is 0.467 e. The zero-order valence-corrected chi connectivity index (χ0v) is 14.3. The smallest absolute Gasteiger partial charge is 0.247 e. The van der Waals surface area contributed by atoms with Crippen LogP contribution in [0.2, 0.25) is 0 Å². The van der Waals surface area contributed by atoms with Gasteiger partial charge in [-0.05, 0) is 37.3 Å². The SMILES string of the molecule is CCC1CNCCN1C(C(=O)N1CCC(C)CC1)c1ccco1. The van der Waals surface area contributed by atoms with E-state index < -0.39 is 0 Å². The second kappa shape index (κ2) is 7.49. The summed E-state index contributed by atoms with van der Waals surface area (Å²) in [5, 5.41) is 3.44. The fourth-order valence-electron chi connectivity index (χ4n) is 3.77. The van der Waals surface area contributed by atoms with Gasteiger partial charge in [0.2, 0.25) is 5.91 Å². The highest BCUT2D eigenvalue weighted by Crippen LogP contribution is 2.29. The Balaban J connectivity index is 1.82. The summed E-state index contributed by atoms with van der Waals surface area (Å²) in [6.45, 7) is 8.97. The molecule has 1 amide bonds. The van der Waals surface area contributed by atoms with Crippen LogP contribution in [0.3, 0.4) is 0 Å². The molecule has 3 heterocycles. The fourth-order valence-corrected chi connectivity index (χ4v) is 3.77. The number of carbonyl (C=O) groups excluding carboxylic acids is 1. The number of piperidine rings is 1. The van der Waals surface area contributed by atoms with Crippen LogP contribution < -0.4 is 5.32 Å². The summed E-state index contributed by atoms with van der Waals surface area (Å²) in [4.78, 5) is 17.7. The lowest BCUT2D eigenvalue weighted by atomic mass is 9.97. The van der Waals surface area contributed by atoms with Crippen molar-refractivity contribution in [3.63, 3.8) is 0 Å².